The molecule has 0 radical (unpaired) electrons. The lowest BCUT2D eigenvalue weighted by Gasteiger charge is -2.49. The van der Waals surface area contributed by atoms with E-state index < -0.39 is 0 Å². The minimum absolute atomic E-state index is 0.446. The van der Waals surface area contributed by atoms with Crippen LogP contribution in [0.2, 0.25) is 0 Å². The second-order valence-corrected chi connectivity index (χ2v) is 5.82. The van der Waals surface area contributed by atoms with E-state index in [9.17, 15) is 0 Å². The highest BCUT2D eigenvalue weighted by Crippen LogP contribution is 2.46. The third-order valence-corrected chi connectivity index (χ3v) is 4.84. The molecule has 2 aliphatic rings. The quantitative estimate of drug-likeness (QED) is 0.643. The predicted molar refractivity (Wildman–Crippen MR) is 67.7 cm³/mol. The number of hydrogen-bond acceptors (Lipinski definition) is 1. The van der Waals surface area contributed by atoms with E-state index in [2.05, 4.69) is 43.1 Å². The van der Waals surface area contributed by atoms with Gasteiger partial charge in [0.05, 0.1) is 0 Å². The summed E-state index contributed by atoms with van der Waals surface area (Å²) in [5, 5.41) is 0. The van der Waals surface area contributed by atoms with Crippen LogP contribution in [-0.2, 0) is 11.8 Å². The molecule has 0 unspecified atom stereocenters. The average molecular weight is 215 g/mol. The first-order valence-electron chi connectivity index (χ1n) is 6.47. The molecule has 0 spiro atoms. The largest absolute Gasteiger partial charge is 0.306 e. The molecular formula is C15H21N. The van der Waals surface area contributed by atoms with E-state index in [-0.39, 0.29) is 0 Å². The Labute approximate surface area is 98.5 Å². The number of fused-ring (bicyclic) bond motifs is 3. The monoisotopic (exact) mass is 215 g/mol. The molecule has 16 heavy (non-hydrogen) atoms. The summed E-state index contributed by atoms with van der Waals surface area (Å²) < 4.78 is 0. The Morgan fingerprint density at radius 1 is 1.31 bits per heavy atom. The molecule has 1 heteroatoms. The number of hydrogen-bond donors (Lipinski definition) is 0. The fourth-order valence-electron chi connectivity index (χ4n) is 3.69. The number of likely N-dealkylation sites (tertiary alicyclic amines) is 1. The maximum Gasteiger partial charge on any atom is 0.00152 e. The van der Waals surface area contributed by atoms with E-state index in [1.807, 2.05) is 0 Å². The summed E-state index contributed by atoms with van der Waals surface area (Å²) in [5.74, 6) is 0.862. The molecule has 3 rings (SSSR count). The van der Waals surface area contributed by atoms with Crippen LogP contribution >= 0.6 is 0 Å². The highest BCUT2D eigenvalue weighted by Gasteiger charge is 2.42. The fourth-order valence-corrected chi connectivity index (χ4v) is 3.69. The van der Waals surface area contributed by atoms with Crippen molar-refractivity contribution in [3.05, 3.63) is 35.4 Å². The Morgan fingerprint density at radius 3 is 3.00 bits per heavy atom. The minimum Gasteiger partial charge on any atom is -0.306 e. The normalized spacial score (nSPS) is 34.2. The SMILES string of the molecule is CN1CC[C@@]2(C)c3ccccc3CC[C@H]2C1. The summed E-state index contributed by atoms with van der Waals surface area (Å²) in [5.41, 5.74) is 3.69. The second kappa shape index (κ2) is 3.59. The van der Waals surface area contributed by atoms with E-state index in [1.54, 1.807) is 11.1 Å². The third-order valence-electron chi connectivity index (χ3n) is 4.84. The summed E-state index contributed by atoms with van der Waals surface area (Å²) in [6.45, 7) is 5.02. The number of piperidine rings is 1. The van der Waals surface area contributed by atoms with Gasteiger partial charge in [0.25, 0.3) is 0 Å². The molecule has 1 aromatic rings. The smallest absolute Gasteiger partial charge is 0.00152 e. The molecule has 0 amide bonds. The van der Waals surface area contributed by atoms with Crippen molar-refractivity contribution < 1.29 is 0 Å². The average Bonchev–Trinajstić information content (AvgIpc) is 2.31. The molecule has 1 heterocycles. The van der Waals surface area contributed by atoms with Crippen LogP contribution in [-0.4, -0.2) is 25.0 Å². The van der Waals surface area contributed by atoms with Crippen LogP contribution in [0.15, 0.2) is 24.3 Å². The van der Waals surface area contributed by atoms with Gasteiger partial charge >= 0.3 is 0 Å². The fraction of sp³-hybridized carbons (Fsp3) is 0.600. The van der Waals surface area contributed by atoms with Gasteiger partial charge in [-0.1, -0.05) is 31.2 Å². The van der Waals surface area contributed by atoms with Crippen molar-refractivity contribution in [2.45, 2.75) is 31.6 Å². The molecule has 0 N–H and O–H groups in total. The Kier molecular flexibility index (Phi) is 2.32. The highest BCUT2D eigenvalue weighted by molar-refractivity contribution is 5.37. The van der Waals surface area contributed by atoms with Gasteiger partial charge in [-0.2, -0.15) is 0 Å². The Morgan fingerprint density at radius 2 is 2.12 bits per heavy atom. The van der Waals surface area contributed by atoms with E-state index in [4.69, 9.17) is 0 Å². The minimum atomic E-state index is 0.446. The number of aryl methyl sites for hydroxylation is 1. The summed E-state index contributed by atoms with van der Waals surface area (Å²) in [7, 11) is 2.26. The van der Waals surface area contributed by atoms with Gasteiger partial charge in [0, 0.05) is 6.54 Å². The zero-order valence-electron chi connectivity index (χ0n) is 10.4. The van der Waals surface area contributed by atoms with Gasteiger partial charge in [0.1, 0.15) is 0 Å². The highest BCUT2D eigenvalue weighted by atomic mass is 15.1. The van der Waals surface area contributed by atoms with Crippen LogP contribution in [0.4, 0.5) is 0 Å². The Hall–Kier alpha value is -0.820. The van der Waals surface area contributed by atoms with E-state index in [0.29, 0.717) is 5.41 Å². The molecule has 1 fully saturated rings. The van der Waals surface area contributed by atoms with Crippen LogP contribution in [0, 0.1) is 5.92 Å². The Bertz CT molecular complexity index is 398. The van der Waals surface area contributed by atoms with Crippen LogP contribution < -0.4 is 0 Å². The van der Waals surface area contributed by atoms with Gasteiger partial charge in [-0.3, -0.25) is 0 Å². The third kappa shape index (κ3) is 1.41. The number of nitrogens with zero attached hydrogens (tertiary/aromatic N) is 1. The molecule has 86 valence electrons. The van der Waals surface area contributed by atoms with Gasteiger partial charge in [-0.25, -0.2) is 0 Å². The standard InChI is InChI=1S/C15H21N/c1-15-9-10-16(2)11-13(15)8-7-12-5-3-4-6-14(12)15/h3-6,13H,7-11H2,1-2H3/t13-,15+/m0/s1. The number of benzene rings is 1. The molecule has 1 nitrogen and oxygen atoms in total. The zero-order valence-corrected chi connectivity index (χ0v) is 10.4. The summed E-state index contributed by atoms with van der Waals surface area (Å²) >= 11 is 0. The summed E-state index contributed by atoms with van der Waals surface area (Å²) in [6, 6.07) is 9.10. The molecule has 0 aromatic heterocycles. The van der Waals surface area contributed by atoms with Crippen molar-refractivity contribution in [3.8, 4) is 0 Å². The molecule has 0 bridgehead atoms. The first-order chi connectivity index (χ1) is 7.70. The second-order valence-electron chi connectivity index (χ2n) is 5.82. The van der Waals surface area contributed by atoms with E-state index in [1.165, 1.54) is 32.4 Å². The lowest BCUT2D eigenvalue weighted by Crippen LogP contribution is -2.49. The predicted octanol–water partition coefficient (Wildman–Crippen LogP) is 2.84. The van der Waals surface area contributed by atoms with Crippen LogP contribution in [0.25, 0.3) is 0 Å². The first-order valence-corrected chi connectivity index (χ1v) is 6.47. The van der Waals surface area contributed by atoms with Crippen molar-refractivity contribution in [2.24, 2.45) is 5.92 Å². The van der Waals surface area contributed by atoms with Crippen molar-refractivity contribution >= 4 is 0 Å². The van der Waals surface area contributed by atoms with Crippen LogP contribution in [0.3, 0.4) is 0 Å². The van der Waals surface area contributed by atoms with Crippen molar-refractivity contribution in [1.82, 2.24) is 4.90 Å². The Balaban J connectivity index is 2.03. The summed E-state index contributed by atoms with van der Waals surface area (Å²) in [6.07, 6.45) is 3.98. The molecule has 1 saturated heterocycles. The van der Waals surface area contributed by atoms with E-state index >= 15 is 0 Å². The van der Waals surface area contributed by atoms with Crippen molar-refractivity contribution in [1.29, 1.82) is 0 Å². The first kappa shape index (κ1) is 10.3. The molecule has 1 aromatic carbocycles. The molecule has 0 saturated carbocycles. The summed E-state index contributed by atoms with van der Waals surface area (Å²) in [4.78, 5) is 2.50. The van der Waals surface area contributed by atoms with Crippen LogP contribution in [0.1, 0.15) is 30.9 Å². The van der Waals surface area contributed by atoms with Gasteiger partial charge in [-0.05, 0) is 55.3 Å². The maximum atomic E-state index is 2.50. The van der Waals surface area contributed by atoms with E-state index in [0.717, 1.165) is 5.92 Å². The van der Waals surface area contributed by atoms with Gasteiger partial charge < -0.3 is 4.90 Å². The van der Waals surface area contributed by atoms with Gasteiger partial charge in [0.2, 0.25) is 0 Å². The van der Waals surface area contributed by atoms with Crippen molar-refractivity contribution in [3.63, 3.8) is 0 Å². The lowest BCUT2D eigenvalue weighted by molar-refractivity contribution is 0.106. The van der Waals surface area contributed by atoms with Crippen LogP contribution in [0.5, 0.6) is 0 Å². The maximum absolute atomic E-state index is 2.50. The van der Waals surface area contributed by atoms with Gasteiger partial charge in [-0.15, -0.1) is 0 Å². The molecule has 2 atom stereocenters. The molecular weight excluding hydrogens is 194 g/mol. The zero-order chi connectivity index (χ0) is 11.2. The number of rotatable bonds is 0. The van der Waals surface area contributed by atoms with Crippen molar-refractivity contribution in [2.75, 3.05) is 20.1 Å². The molecule has 1 aliphatic heterocycles. The van der Waals surface area contributed by atoms with Gasteiger partial charge in [0.15, 0.2) is 0 Å². The lowest BCUT2D eigenvalue weighted by atomic mass is 9.61. The topological polar surface area (TPSA) is 3.24 Å². The molecule has 1 aliphatic carbocycles.